The van der Waals surface area contributed by atoms with Gasteiger partial charge in [-0.2, -0.15) is 5.10 Å². The Morgan fingerprint density at radius 3 is 3.08 bits per heavy atom. The first kappa shape index (κ1) is 8.72. The third kappa shape index (κ3) is 2.08. The third-order valence-corrected chi connectivity index (χ3v) is 2.46. The number of hydrogen-bond donors (Lipinski definition) is 1. The molecule has 0 aliphatic carbocycles. The van der Waals surface area contributed by atoms with Crippen LogP contribution in [0.3, 0.4) is 0 Å². The summed E-state index contributed by atoms with van der Waals surface area (Å²) in [5.74, 6) is 0. The van der Waals surface area contributed by atoms with E-state index in [1.807, 2.05) is 17.9 Å². The number of nitrogens with zero attached hydrogens (tertiary/aromatic N) is 3. The molecule has 2 heterocycles. The molecule has 1 atom stereocenters. The fraction of sp³-hybridized carbons (Fsp3) is 0.667. The Morgan fingerprint density at radius 2 is 2.54 bits per heavy atom. The van der Waals surface area contributed by atoms with Gasteiger partial charge in [-0.15, -0.1) is 0 Å². The Balaban J connectivity index is 1.91. The number of likely N-dealkylation sites (tertiary alicyclic amines) is 1. The summed E-state index contributed by atoms with van der Waals surface area (Å²) in [5, 5.41) is 4.33. The highest BCUT2D eigenvalue weighted by molar-refractivity contribution is 4.99. The topological polar surface area (TPSA) is 47.1 Å². The van der Waals surface area contributed by atoms with Gasteiger partial charge in [-0.3, -0.25) is 9.58 Å². The summed E-state index contributed by atoms with van der Waals surface area (Å²) in [5.41, 5.74) is 6.95. The van der Waals surface area contributed by atoms with E-state index in [-0.39, 0.29) is 0 Å². The maximum atomic E-state index is 5.82. The minimum Gasteiger partial charge on any atom is -0.326 e. The van der Waals surface area contributed by atoms with Crippen LogP contribution in [-0.4, -0.2) is 33.8 Å². The normalized spacial score (nSPS) is 24.0. The zero-order chi connectivity index (χ0) is 9.26. The predicted octanol–water partition coefficient (Wildman–Crippen LogP) is -0.0469. The Morgan fingerprint density at radius 1 is 1.69 bits per heavy atom. The van der Waals surface area contributed by atoms with Gasteiger partial charge in [0.1, 0.15) is 0 Å². The van der Waals surface area contributed by atoms with Crippen molar-refractivity contribution >= 4 is 0 Å². The standard InChI is InChI=1S/C9H16N4/c1-12-4-3-9(11-12)7-13-5-2-8(10)6-13/h3-4,8H,2,5-7,10H2,1H3/t8-/m0/s1. The lowest BCUT2D eigenvalue weighted by Gasteiger charge is -2.12. The van der Waals surface area contributed by atoms with Gasteiger partial charge in [-0.25, -0.2) is 0 Å². The second kappa shape index (κ2) is 3.47. The molecule has 1 saturated heterocycles. The van der Waals surface area contributed by atoms with Gasteiger partial charge >= 0.3 is 0 Å². The van der Waals surface area contributed by atoms with E-state index in [1.54, 1.807) is 0 Å². The van der Waals surface area contributed by atoms with Crippen molar-refractivity contribution < 1.29 is 0 Å². The van der Waals surface area contributed by atoms with E-state index in [0.29, 0.717) is 6.04 Å². The molecule has 1 aromatic rings. The average molecular weight is 180 g/mol. The SMILES string of the molecule is Cn1ccc(CN2CC[C@H](N)C2)n1. The molecule has 1 aliphatic heterocycles. The van der Waals surface area contributed by atoms with E-state index in [9.17, 15) is 0 Å². The van der Waals surface area contributed by atoms with Crippen LogP contribution >= 0.6 is 0 Å². The van der Waals surface area contributed by atoms with Crippen LogP contribution < -0.4 is 5.73 Å². The van der Waals surface area contributed by atoms with Gasteiger partial charge in [0.15, 0.2) is 0 Å². The molecule has 1 aromatic heterocycles. The van der Waals surface area contributed by atoms with Crippen LogP contribution in [-0.2, 0) is 13.6 Å². The van der Waals surface area contributed by atoms with Crippen molar-refractivity contribution in [2.24, 2.45) is 12.8 Å². The first-order chi connectivity index (χ1) is 6.24. The number of nitrogens with two attached hydrogens (primary N) is 1. The van der Waals surface area contributed by atoms with Crippen molar-refractivity contribution in [2.45, 2.75) is 19.0 Å². The number of aromatic nitrogens is 2. The van der Waals surface area contributed by atoms with Crippen molar-refractivity contribution in [1.82, 2.24) is 14.7 Å². The molecule has 0 saturated carbocycles. The highest BCUT2D eigenvalue weighted by Gasteiger charge is 2.19. The Hall–Kier alpha value is -0.870. The lowest BCUT2D eigenvalue weighted by atomic mass is 10.3. The zero-order valence-corrected chi connectivity index (χ0v) is 7.98. The van der Waals surface area contributed by atoms with Gasteiger partial charge < -0.3 is 5.73 Å². The third-order valence-electron chi connectivity index (χ3n) is 2.46. The lowest BCUT2D eigenvalue weighted by Crippen LogP contribution is -2.26. The molecule has 0 amide bonds. The maximum absolute atomic E-state index is 5.82. The number of aryl methyl sites for hydroxylation is 1. The summed E-state index contributed by atoms with van der Waals surface area (Å²) in [7, 11) is 1.94. The van der Waals surface area contributed by atoms with E-state index < -0.39 is 0 Å². The van der Waals surface area contributed by atoms with Gasteiger partial charge in [0.2, 0.25) is 0 Å². The van der Waals surface area contributed by atoms with Crippen LogP contribution in [0.4, 0.5) is 0 Å². The van der Waals surface area contributed by atoms with Crippen LogP contribution in [0.1, 0.15) is 12.1 Å². The van der Waals surface area contributed by atoms with Gasteiger partial charge in [0, 0.05) is 38.9 Å². The van der Waals surface area contributed by atoms with E-state index in [1.165, 1.54) is 0 Å². The van der Waals surface area contributed by atoms with Crippen LogP contribution in [0.2, 0.25) is 0 Å². The number of rotatable bonds is 2. The molecule has 13 heavy (non-hydrogen) atoms. The molecule has 2 N–H and O–H groups in total. The molecular weight excluding hydrogens is 164 g/mol. The molecule has 0 spiro atoms. The van der Waals surface area contributed by atoms with Gasteiger partial charge in [-0.1, -0.05) is 0 Å². The van der Waals surface area contributed by atoms with Crippen molar-refractivity contribution in [3.8, 4) is 0 Å². The van der Waals surface area contributed by atoms with Crippen LogP contribution in [0.15, 0.2) is 12.3 Å². The molecule has 0 radical (unpaired) electrons. The fourth-order valence-corrected chi connectivity index (χ4v) is 1.78. The first-order valence-electron chi connectivity index (χ1n) is 4.70. The van der Waals surface area contributed by atoms with Crippen LogP contribution in [0.25, 0.3) is 0 Å². The van der Waals surface area contributed by atoms with E-state index in [4.69, 9.17) is 5.73 Å². The van der Waals surface area contributed by atoms with E-state index >= 15 is 0 Å². The highest BCUT2D eigenvalue weighted by Crippen LogP contribution is 2.10. The van der Waals surface area contributed by atoms with Gasteiger partial charge in [0.05, 0.1) is 5.69 Å². The zero-order valence-electron chi connectivity index (χ0n) is 7.98. The van der Waals surface area contributed by atoms with Crippen LogP contribution in [0.5, 0.6) is 0 Å². The largest absolute Gasteiger partial charge is 0.326 e. The van der Waals surface area contributed by atoms with E-state index in [2.05, 4.69) is 16.1 Å². The van der Waals surface area contributed by atoms with Gasteiger partial charge in [0.25, 0.3) is 0 Å². The maximum Gasteiger partial charge on any atom is 0.0764 e. The number of hydrogen-bond acceptors (Lipinski definition) is 3. The minimum atomic E-state index is 0.365. The second-order valence-corrected chi connectivity index (χ2v) is 3.76. The molecule has 2 rings (SSSR count). The summed E-state index contributed by atoms with van der Waals surface area (Å²) in [6, 6.07) is 2.42. The van der Waals surface area contributed by atoms with Gasteiger partial charge in [-0.05, 0) is 12.5 Å². The highest BCUT2D eigenvalue weighted by atomic mass is 15.3. The molecule has 72 valence electrons. The molecule has 1 aliphatic rings. The average Bonchev–Trinajstić information content (AvgIpc) is 2.62. The molecule has 0 unspecified atom stereocenters. The van der Waals surface area contributed by atoms with Crippen molar-refractivity contribution in [1.29, 1.82) is 0 Å². The Kier molecular flexibility index (Phi) is 2.33. The van der Waals surface area contributed by atoms with Crippen LogP contribution in [0, 0.1) is 0 Å². The molecule has 4 nitrogen and oxygen atoms in total. The second-order valence-electron chi connectivity index (χ2n) is 3.76. The Labute approximate surface area is 78.3 Å². The quantitative estimate of drug-likeness (QED) is 0.694. The molecular formula is C9H16N4. The predicted molar refractivity (Wildman–Crippen MR) is 51.1 cm³/mol. The first-order valence-corrected chi connectivity index (χ1v) is 4.70. The summed E-state index contributed by atoms with van der Waals surface area (Å²) in [6.07, 6.45) is 3.10. The monoisotopic (exact) mass is 180 g/mol. The van der Waals surface area contributed by atoms with Crippen molar-refractivity contribution in [2.75, 3.05) is 13.1 Å². The minimum absolute atomic E-state index is 0.365. The summed E-state index contributed by atoms with van der Waals surface area (Å²) in [6.45, 7) is 3.06. The molecule has 0 bridgehead atoms. The summed E-state index contributed by atoms with van der Waals surface area (Å²) >= 11 is 0. The van der Waals surface area contributed by atoms with Crippen molar-refractivity contribution in [3.05, 3.63) is 18.0 Å². The molecule has 1 fully saturated rings. The smallest absolute Gasteiger partial charge is 0.0764 e. The summed E-state index contributed by atoms with van der Waals surface area (Å²) < 4.78 is 1.84. The molecule has 4 heteroatoms. The fourth-order valence-electron chi connectivity index (χ4n) is 1.78. The lowest BCUT2D eigenvalue weighted by molar-refractivity contribution is 0.321. The van der Waals surface area contributed by atoms with E-state index in [0.717, 1.165) is 31.7 Å². The Bertz CT molecular complexity index is 281. The molecule has 0 aromatic carbocycles. The summed E-state index contributed by atoms with van der Waals surface area (Å²) in [4.78, 5) is 2.35. The van der Waals surface area contributed by atoms with Crippen molar-refractivity contribution in [3.63, 3.8) is 0 Å².